The SMILES string of the molecule is CCCCC1=CC(c2[c-]c3c4c(ccc3cc2)Cc2ccc3ccccc3c2-4)C=C1.[Cl-].[Cl-].[Zr+2]=[C]1CCC1. The van der Waals surface area contributed by atoms with Gasteiger partial charge in [-0.2, -0.15) is 0 Å². The van der Waals surface area contributed by atoms with Gasteiger partial charge in [-0.05, 0) is 41.2 Å². The molecule has 3 aliphatic rings. The molecule has 3 aliphatic carbocycles. The minimum atomic E-state index is 0. The van der Waals surface area contributed by atoms with E-state index in [0.29, 0.717) is 5.92 Å². The molecule has 0 aromatic heterocycles. The summed E-state index contributed by atoms with van der Waals surface area (Å²) in [6.07, 6.45) is 16.2. The van der Waals surface area contributed by atoms with E-state index in [0.717, 1.165) is 6.42 Å². The van der Waals surface area contributed by atoms with Crippen molar-refractivity contribution in [1.82, 2.24) is 0 Å². The second kappa shape index (κ2) is 12.4. The van der Waals surface area contributed by atoms with Gasteiger partial charge in [0.2, 0.25) is 0 Å². The Morgan fingerprint density at radius 3 is 2.30 bits per heavy atom. The van der Waals surface area contributed by atoms with Crippen molar-refractivity contribution >= 4 is 24.8 Å². The van der Waals surface area contributed by atoms with Gasteiger partial charge in [0, 0.05) is 5.92 Å². The first-order valence-corrected chi connectivity index (χ1v) is 14.4. The summed E-state index contributed by atoms with van der Waals surface area (Å²) in [5, 5.41) is 5.25. The molecular formula is C34H31Cl2Zr-. The summed E-state index contributed by atoms with van der Waals surface area (Å²) in [5.74, 6) is 0.352. The average Bonchev–Trinajstić information content (AvgIpc) is 3.51. The van der Waals surface area contributed by atoms with Crippen LogP contribution in [0, 0.1) is 6.07 Å². The molecule has 0 heterocycles. The summed E-state index contributed by atoms with van der Waals surface area (Å²) >= 11 is 1.67. The maximum absolute atomic E-state index is 3.86. The molecule has 7 rings (SSSR count). The Bertz CT molecular complexity index is 1510. The van der Waals surface area contributed by atoms with Gasteiger partial charge >= 0.3 is 46.7 Å². The van der Waals surface area contributed by atoms with Gasteiger partial charge in [-0.25, -0.2) is 0 Å². The number of rotatable bonds is 4. The van der Waals surface area contributed by atoms with Crippen molar-refractivity contribution in [2.24, 2.45) is 0 Å². The van der Waals surface area contributed by atoms with Crippen LogP contribution in [0.4, 0.5) is 0 Å². The normalized spacial score (nSPS) is 16.7. The fourth-order valence-corrected chi connectivity index (χ4v) is 6.43. The zero-order valence-electron chi connectivity index (χ0n) is 21.3. The van der Waals surface area contributed by atoms with Crippen molar-refractivity contribution in [3.8, 4) is 11.1 Å². The number of fused-ring (bicyclic) bond motifs is 7. The van der Waals surface area contributed by atoms with Gasteiger partial charge in [0.15, 0.2) is 0 Å². The number of benzene rings is 4. The van der Waals surface area contributed by atoms with Gasteiger partial charge in [0.25, 0.3) is 0 Å². The first kappa shape index (κ1) is 28.2. The second-order valence-electron chi connectivity index (χ2n) is 10.2. The zero-order chi connectivity index (χ0) is 23.8. The fourth-order valence-electron chi connectivity index (χ4n) is 5.56. The molecular weight excluding hydrogens is 571 g/mol. The zero-order valence-corrected chi connectivity index (χ0v) is 25.3. The Labute approximate surface area is 248 Å². The summed E-state index contributed by atoms with van der Waals surface area (Å²) in [6.45, 7) is 2.26. The molecule has 186 valence electrons. The molecule has 0 nitrogen and oxygen atoms in total. The van der Waals surface area contributed by atoms with E-state index in [-0.39, 0.29) is 24.8 Å². The van der Waals surface area contributed by atoms with Crippen molar-refractivity contribution in [3.63, 3.8) is 0 Å². The van der Waals surface area contributed by atoms with E-state index in [1.165, 1.54) is 93.5 Å². The Hall–Kier alpha value is -1.79. The van der Waals surface area contributed by atoms with E-state index in [4.69, 9.17) is 0 Å². The number of allylic oxidation sites excluding steroid dienone is 4. The Balaban J connectivity index is 0.000000412. The van der Waals surface area contributed by atoms with E-state index in [1.807, 2.05) is 0 Å². The molecule has 1 atom stereocenters. The Morgan fingerprint density at radius 1 is 0.865 bits per heavy atom. The van der Waals surface area contributed by atoms with Crippen LogP contribution in [0.25, 0.3) is 32.7 Å². The van der Waals surface area contributed by atoms with E-state index in [1.54, 1.807) is 27.4 Å². The average molecular weight is 602 g/mol. The fraction of sp³-hybridized carbons (Fsp3) is 0.265. The van der Waals surface area contributed by atoms with Crippen LogP contribution in [0.15, 0.2) is 84.5 Å². The van der Waals surface area contributed by atoms with Crippen molar-refractivity contribution < 1.29 is 49.0 Å². The molecule has 0 bridgehead atoms. The van der Waals surface area contributed by atoms with Crippen LogP contribution in [0.5, 0.6) is 0 Å². The van der Waals surface area contributed by atoms with Crippen LogP contribution in [0.2, 0.25) is 0 Å². The molecule has 0 aliphatic heterocycles. The first-order valence-electron chi connectivity index (χ1n) is 13.2. The molecule has 0 amide bonds. The number of hydrogen-bond donors (Lipinski definition) is 0. The first-order chi connectivity index (χ1) is 17.2. The Morgan fingerprint density at radius 2 is 1.57 bits per heavy atom. The molecule has 3 heteroatoms. The van der Waals surface area contributed by atoms with Gasteiger partial charge in [-0.15, -0.1) is 34.5 Å². The van der Waals surface area contributed by atoms with Gasteiger partial charge in [0.05, 0.1) is 0 Å². The van der Waals surface area contributed by atoms with E-state index in [2.05, 4.69) is 91.9 Å². The number of halogens is 2. The number of hydrogen-bond acceptors (Lipinski definition) is 0. The molecule has 0 N–H and O–H groups in total. The summed E-state index contributed by atoms with van der Waals surface area (Å²) < 4.78 is 1.78. The van der Waals surface area contributed by atoms with Gasteiger partial charge < -0.3 is 24.8 Å². The van der Waals surface area contributed by atoms with E-state index < -0.39 is 0 Å². The molecule has 0 saturated heterocycles. The van der Waals surface area contributed by atoms with Crippen molar-refractivity contribution in [2.75, 3.05) is 0 Å². The van der Waals surface area contributed by atoms with Crippen LogP contribution < -0.4 is 24.8 Å². The number of unbranched alkanes of at least 4 members (excludes halogenated alkanes) is 1. The summed E-state index contributed by atoms with van der Waals surface area (Å²) in [6, 6.07) is 26.4. The molecule has 0 radical (unpaired) electrons. The third-order valence-electron chi connectivity index (χ3n) is 7.73. The van der Waals surface area contributed by atoms with Crippen molar-refractivity contribution in [1.29, 1.82) is 0 Å². The minimum absolute atomic E-state index is 0. The third kappa shape index (κ3) is 5.66. The molecule has 1 saturated carbocycles. The van der Waals surface area contributed by atoms with Crippen LogP contribution in [0.3, 0.4) is 0 Å². The van der Waals surface area contributed by atoms with Gasteiger partial charge in [-0.3, -0.25) is 0 Å². The molecule has 1 unspecified atom stereocenters. The summed E-state index contributed by atoms with van der Waals surface area (Å²) in [4.78, 5) is 0. The van der Waals surface area contributed by atoms with Crippen LogP contribution >= 0.6 is 0 Å². The molecule has 4 aromatic carbocycles. The van der Waals surface area contributed by atoms with Crippen LogP contribution in [-0.4, -0.2) is 3.21 Å². The van der Waals surface area contributed by atoms with E-state index in [9.17, 15) is 0 Å². The molecule has 37 heavy (non-hydrogen) atoms. The Kier molecular flexibility index (Phi) is 9.44. The maximum atomic E-state index is 3.86. The summed E-state index contributed by atoms with van der Waals surface area (Å²) in [7, 11) is 0. The quantitative estimate of drug-likeness (QED) is 0.278. The standard InChI is InChI=1S/C30H25.C4H6.2ClH.Zr/c1-2-3-6-20-9-10-23(17-20)24-14-11-22-13-16-26-18-25-15-12-21-7-4-5-8-27(21)29(25)30(26)28(22)19-24;1-2-4-3-1;;;/h4-5,7-17,23H,2-3,6,18H2,1H3;1-3H2;2*1H;/q-1;;;;+2/p-2. The molecule has 1 fully saturated rings. The van der Waals surface area contributed by atoms with Crippen LogP contribution in [0.1, 0.15) is 68.1 Å². The van der Waals surface area contributed by atoms with Crippen molar-refractivity contribution in [3.05, 3.63) is 107 Å². The predicted octanol–water partition coefficient (Wildman–Crippen LogP) is 3.03. The third-order valence-corrected chi connectivity index (χ3v) is 8.96. The van der Waals surface area contributed by atoms with Crippen LogP contribution in [-0.2, 0) is 30.7 Å². The molecule has 0 spiro atoms. The molecule has 4 aromatic rings. The van der Waals surface area contributed by atoms with Gasteiger partial charge in [-0.1, -0.05) is 96.8 Å². The monoisotopic (exact) mass is 599 g/mol. The summed E-state index contributed by atoms with van der Waals surface area (Å²) in [5.41, 5.74) is 8.46. The van der Waals surface area contributed by atoms with Crippen molar-refractivity contribution in [2.45, 2.75) is 57.8 Å². The topological polar surface area (TPSA) is 0 Å². The van der Waals surface area contributed by atoms with Gasteiger partial charge in [0.1, 0.15) is 0 Å². The van der Waals surface area contributed by atoms with E-state index >= 15 is 0 Å². The predicted molar refractivity (Wildman–Crippen MR) is 147 cm³/mol. The second-order valence-corrected chi connectivity index (χ2v) is 11.9.